The van der Waals surface area contributed by atoms with Gasteiger partial charge in [0.2, 0.25) is 0 Å². The molecule has 0 spiro atoms. The van der Waals surface area contributed by atoms with Gasteiger partial charge in [-0.3, -0.25) is 0 Å². The Morgan fingerprint density at radius 1 is 1.21 bits per heavy atom. The first-order valence-electron chi connectivity index (χ1n) is 5.54. The van der Waals surface area contributed by atoms with Crippen molar-refractivity contribution < 1.29 is 14.6 Å². The summed E-state index contributed by atoms with van der Waals surface area (Å²) < 4.78 is 10.7. The molecule has 0 saturated heterocycles. The van der Waals surface area contributed by atoms with E-state index in [1.807, 2.05) is 20.8 Å². The van der Waals surface area contributed by atoms with Crippen LogP contribution in [-0.4, -0.2) is 37.1 Å². The third-order valence-electron chi connectivity index (χ3n) is 1.98. The maximum absolute atomic E-state index is 9.02. The summed E-state index contributed by atoms with van der Waals surface area (Å²) in [7, 11) is 0. The van der Waals surface area contributed by atoms with Crippen LogP contribution in [0, 0.1) is 0 Å². The fourth-order valence-corrected chi connectivity index (χ4v) is 1.16. The van der Waals surface area contributed by atoms with Crippen LogP contribution >= 0.6 is 0 Å². The molecule has 3 heteroatoms. The molecule has 0 fully saturated rings. The molecule has 0 aromatic carbocycles. The molecular formula is C11H24O3. The molecule has 86 valence electrons. The van der Waals surface area contributed by atoms with Gasteiger partial charge in [-0.05, 0) is 40.0 Å². The molecule has 0 aliphatic rings. The summed E-state index contributed by atoms with van der Waals surface area (Å²) in [5.74, 6) is 0. The maximum Gasteiger partial charge on any atom is 0.0780 e. The van der Waals surface area contributed by atoms with Crippen LogP contribution in [0.5, 0.6) is 0 Å². The molecule has 3 nitrogen and oxygen atoms in total. The van der Waals surface area contributed by atoms with Crippen LogP contribution in [-0.2, 0) is 9.47 Å². The van der Waals surface area contributed by atoms with Gasteiger partial charge in [-0.25, -0.2) is 0 Å². The Balaban J connectivity index is 3.10. The summed E-state index contributed by atoms with van der Waals surface area (Å²) in [5.41, 5.74) is 0. The number of aliphatic hydroxyl groups excluding tert-OH is 1. The van der Waals surface area contributed by atoms with Gasteiger partial charge in [0.15, 0.2) is 0 Å². The Morgan fingerprint density at radius 3 is 2.50 bits per heavy atom. The molecule has 0 aliphatic heterocycles. The smallest absolute Gasteiger partial charge is 0.0780 e. The fourth-order valence-electron chi connectivity index (χ4n) is 1.16. The second-order valence-corrected chi connectivity index (χ2v) is 3.69. The molecule has 2 atom stereocenters. The molecule has 2 unspecified atom stereocenters. The van der Waals surface area contributed by atoms with E-state index in [2.05, 4.69) is 0 Å². The van der Waals surface area contributed by atoms with E-state index < -0.39 is 0 Å². The van der Waals surface area contributed by atoms with E-state index in [0.29, 0.717) is 6.61 Å². The highest BCUT2D eigenvalue weighted by molar-refractivity contribution is 4.50. The van der Waals surface area contributed by atoms with Crippen LogP contribution in [0.2, 0.25) is 0 Å². The molecule has 0 aromatic heterocycles. The van der Waals surface area contributed by atoms with E-state index in [4.69, 9.17) is 14.6 Å². The van der Waals surface area contributed by atoms with E-state index in [1.54, 1.807) is 0 Å². The molecule has 0 heterocycles. The summed E-state index contributed by atoms with van der Waals surface area (Å²) in [6, 6.07) is 0. The monoisotopic (exact) mass is 204 g/mol. The number of hydrogen-bond donors (Lipinski definition) is 1. The van der Waals surface area contributed by atoms with Gasteiger partial charge >= 0.3 is 0 Å². The highest BCUT2D eigenvalue weighted by Crippen LogP contribution is 2.01. The normalized spacial score (nSPS) is 15.4. The van der Waals surface area contributed by atoms with Gasteiger partial charge in [0.1, 0.15) is 0 Å². The average Bonchev–Trinajstić information content (AvgIpc) is 2.13. The van der Waals surface area contributed by atoms with E-state index in [0.717, 1.165) is 32.5 Å². The minimum absolute atomic E-state index is 0.182. The lowest BCUT2D eigenvalue weighted by molar-refractivity contribution is -0.00512. The largest absolute Gasteiger partial charge is 0.393 e. The van der Waals surface area contributed by atoms with Crippen LogP contribution in [0.1, 0.15) is 40.0 Å². The van der Waals surface area contributed by atoms with E-state index in [-0.39, 0.29) is 12.2 Å². The molecule has 14 heavy (non-hydrogen) atoms. The summed E-state index contributed by atoms with van der Waals surface area (Å²) in [4.78, 5) is 0. The van der Waals surface area contributed by atoms with Crippen molar-refractivity contribution >= 4 is 0 Å². The summed E-state index contributed by atoms with van der Waals surface area (Å²) in [5, 5.41) is 9.02. The topological polar surface area (TPSA) is 38.7 Å². The highest BCUT2D eigenvalue weighted by Gasteiger charge is 2.01. The van der Waals surface area contributed by atoms with E-state index in [9.17, 15) is 0 Å². The van der Waals surface area contributed by atoms with Crippen LogP contribution in [0.4, 0.5) is 0 Å². The summed E-state index contributed by atoms with van der Waals surface area (Å²) in [6.07, 6.45) is 2.90. The minimum Gasteiger partial charge on any atom is -0.393 e. The molecule has 0 bridgehead atoms. The number of rotatable bonds is 9. The first-order chi connectivity index (χ1) is 6.66. The van der Waals surface area contributed by atoms with Gasteiger partial charge in [0.05, 0.1) is 18.8 Å². The molecule has 0 amide bonds. The Kier molecular flexibility index (Phi) is 9.35. The summed E-state index contributed by atoms with van der Waals surface area (Å²) >= 11 is 0. The predicted octanol–water partition coefficient (Wildman–Crippen LogP) is 1.98. The van der Waals surface area contributed by atoms with Crippen molar-refractivity contribution in [1.29, 1.82) is 0 Å². The second-order valence-electron chi connectivity index (χ2n) is 3.69. The lowest BCUT2D eigenvalue weighted by Gasteiger charge is -2.12. The predicted molar refractivity (Wildman–Crippen MR) is 57.4 cm³/mol. The third kappa shape index (κ3) is 9.96. The van der Waals surface area contributed by atoms with Crippen molar-refractivity contribution in [3.8, 4) is 0 Å². The number of unbranched alkanes of at least 4 members (excludes halogenated alkanes) is 1. The first kappa shape index (κ1) is 13.9. The SMILES string of the molecule is CCOCC(C)OCCCCC(C)O. The Hall–Kier alpha value is -0.120. The molecule has 0 radical (unpaired) electrons. The zero-order valence-corrected chi connectivity index (χ0v) is 9.66. The van der Waals surface area contributed by atoms with Gasteiger partial charge < -0.3 is 14.6 Å². The van der Waals surface area contributed by atoms with Crippen molar-refractivity contribution in [2.45, 2.75) is 52.2 Å². The standard InChI is InChI=1S/C11H24O3/c1-4-13-9-11(3)14-8-6-5-7-10(2)12/h10-12H,4-9H2,1-3H3. The molecule has 0 aromatic rings. The van der Waals surface area contributed by atoms with Crippen LogP contribution < -0.4 is 0 Å². The zero-order chi connectivity index (χ0) is 10.8. The fraction of sp³-hybridized carbons (Fsp3) is 1.00. The minimum atomic E-state index is -0.184. The van der Waals surface area contributed by atoms with Crippen molar-refractivity contribution in [1.82, 2.24) is 0 Å². The van der Waals surface area contributed by atoms with Crippen molar-refractivity contribution in [3.05, 3.63) is 0 Å². The number of hydrogen-bond acceptors (Lipinski definition) is 3. The molecule has 0 aliphatic carbocycles. The number of aliphatic hydroxyl groups is 1. The third-order valence-corrected chi connectivity index (χ3v) is 1.98. The lowest BCUT2D eigenvalue weighted by atomic mass is 10.2. The highest BCUT2D eigenvalue weighted by atomic mass is 16.5. The van der Waals surface area contributed by atoms with Gasteiger partial charge in [-0.2, -0.15) is 0 Å². The second kappa shape index (κ2) is 9.44. The van der Waals surface area contributed by atoms with Crippen LogP contribution in [0.15, 0.2) is 0 Å². The lowest BCUT2D eigenvalue weighted by Crippen LogP contribution is -2.16. The number of ether oxygens (including phenoxy) is 2. The molecule has 0 saturated carbocycles. The van der Waals surface area contributed by atoms with E-state index in [1.165, 1.54) is 0 Å². The van der Waals surface area contributed by atoms with Crippen molar-refractivity contribution in [2.75, 3.05) is 19.8 Å². The molecule has 1 N–H and O–H groups in total. The Bertz CT molecular complexity index is 115. The van der Waals surface area contributed by atoms with Crippen LogP contribution in [0.25, 0.3) is 0 Å². The van der Waals surface area contributed by atoms with Crippen molar-refractivity contribution in [2.24, 2.45) is 0 Å². The van der Waals surface area contributed by atoms with Gasteiger partial charge in [-0.1, -0.05) is 0 Å². The van der Waals surface area contributed by atoms with Crippen LogP contribution in [0.3, 0.4) is 0 Å². The maximum atomic E-state index is 9.02. The molecular weight excluding hydrogens is 180 g/mol. The van der Waals surface area contributed by atoms with Crippen molar-refractivity contribution in [3.63, 3.8) is 0 Å². The first-order valence-corrected chi connectivity index (χ1v) is 5.54. The van der Waals surface area contributed by atoms with Gasteiger partial charge in [0, 0.05) is 13.2 Å². The molecule has 0 rings (SSSR count). The Morgan fingerprint density at radius 2 is 1.93 bits per heavy atom. The van der Waals surface area contributed by atoms with E-state index >= 15 is 0 Å². The van der Waals surface area contributed by atoms with Gasteiger partial charge in [0.25, 0.3) is 0 Å². The quantitative estimate of drug-likeness (QED) is 0.584. The average molecular weight is 204 g/mol. The zero-order valence-electron chi connectivity index (χ0n) is 9.66. The van der Waals surface area contributed by atoms with Gasteiger partial charge in [-0.15, -0.1) is 0 Å². The Labute approximate surface area is 87.4 Å². The summed E-state index contributed by atoms with van der Waals surface area (Å²) in [6.45, 7) is 8.00.